The average molecular weight is 194 g/mol. The van der Waals surface area contributed by atoms with Crippen LogP contribution in [0.15, 0.2) is 4.99 Å². The highest BCUT2D eigenvalue weighted by Crippen LogP contribution is 2.51. The molecule has 0 aliphatic heterocycles. The van der Waals surface area contributed by atoms with Crippen molar-refractivity contribution in [2.45, 2.75) is 38.1 Å². The van der Waals surface area contributed by atoms with E-state index in [1.165, 1.54) is 0 Å². The fourth-order valence-electron chi connectivity index (χ4n) is 2.95. The number of primary amides is 1. The molecule has 1 amide bonds. The second kappa shape index (κ2) is 3.21. The van der Waals surface area contributed by atoms with Gasteiger partial charge in [0, 0.05) is 0 Å². The van der Waals surface area contributed by atoms with Crippen molar-refractivity contribution in [3.05, 3.63) is 0 Å². The maximum Gasteiger partial charge on any atom is 0.235 e. The molecule has 3 rings (SSSR count). The number of rotatable bonds is 2. The quantitative estimate of drug-likeness (QED) is 0.520. The topological polar surface area (TPSA) is 72.5 Å². The van der Waals surface area contributed by atoms with Gasteiger partial charge < -0.3 is 5.73 Å². The van der Waals surface area contributed by atoms with Crippen molar-refractivity contribution in [1.29, 1.82) is 0 Å². The number of fused-ring (bicyclic) bond motifs is 3. The Morgan fingerprint density at radius 3 is 2.57 bits per heavy atom. The van der Waals surface area contributed by atoms with Crippen LogP contribution in [-0.4, -0.2) is 18.0 Å². The van der Waals surface area contributed by atoms with Crippen LogP contribution in [0.3, 0.4) is 0 Å². The smallest absolute Gasteiger partial charge is 0.235 e. The van der Waals surface area contributed by atoms with Gasteiger partial charge in [0.15, 0.2) is 0 Å². The number of aliphatic imine (C=N–C) groups is 1. The molecule has 4 nitrogen and oxygen atoms in total. The van der Waals surface area contributed by atoms with Crippen LogP contribution in [0.4, 0.5) is 0 Å². The normalized spacial score (nSPS) is 40.3. The highest BCUT2D eigenvalue weighted by molar-refractivity contribution is 5.82. The van der Waals surface area contributed by atoms with Gasteiger partial charge in [0.05, 0.1) is 11.5 Å². The van der Waals surface area contributed by atoms with Gasteiger partial charge in [-0.15, -0.1) is 0 Å². The van der Waals surface area contributed by atoms with Crippen molar-refractivity contribution >= 4 is 12.0 Å². The Bertz CT molecular complexity index is 299. The molecular formula is C10H14N2O2. The summed E-state index contributed by atoms with van der Waals surface area (Å²) in [7, 11) is 0. The first-order chi connectivity index (χ1) is 6.69. The van der Waals surface area contributed by atoms with Crippen molar-refractivity contribution in [2.75, 3.05) is 0 Å². The molecule has 4 heteroatoms. The van der Waals surface area contributed by atoms with E-state index in [4.69, 9.17) is 5.73 Å². The standard InChI is InChI=1S/C10H14N2O2/c11-9(14)10-3-1-7(2-4-10)5-8(10)12-6-13/h7-8H,1-5H2,(H2,11,14). The molecule has 0 aromatic rings. The second-order valence-corrected chi connectivity index (χ2v) is 4.44. The van der Waals surface area contributed by atoms with Crippen LogP contribution in [0.1, 0.15) is 32.1 Å². The molecular weight excluding hydrogens is 180 g/mol. The minimum atomic E-state index is -0.536. The van der Waals surface area contributed by atoms with Crippen LogP contribution in [0, 0.1) is 11.3 Å². The molecule has 3 saturated carbocycles. The van der Waals surface area contributed by atoms with E-state index in [0.717, 1.165) is 32.1 Å². The first-order valence-corrected chi connectivity index (χ1v) is 5.06. The number of nitrogens with zero attached hydrogens (tertiary/aromatic N) is 1. The van der Waals surface area contributed by atoms with Crippen LogP contribution >= 0.6 is 0 Å². The van der Waals surface area contributed by atoms with Crippen molar-refractivity contribution in [2.24, 2.45) is 22.1 Å². The molecule has 3 fully saturated rings. The summed E-state index contributed by atoms with van der Waals surface area (Å²) in [5, 5.41) is 0. The lowest BCUT2D eigenvalue weighted by atomic mass is 9.57. The lowest BCUT2D eigenvalue weighted by Crippen LogP contribution is -2.52. The number of hydrogen-bond donors (Lipinski definition) is 1. The van der Waals surface area contributed by atoms with Crippen molar-refractivity contribution < 1.29 is 9.59 Å². The monoisotopic (exact) mass is 194 g/mol. The second-order valence-electron chi connectivity index (χ2n) is 4.44. The number of carbonyl (C=O) groups excluding carboxylic acids is 2. The summed E-state index contributed by atoms with van der Waals surface area (Å²) in [5.74, 6) is 0.331. The van der Waals surface area contributed by atoms with Gasteiger partial charge >= 0.3 is 0 Å². The minimum Gasteiger partial charge on any atom is -0.369 e. The summed E-state index contributed by atoms with van der Waals surface area (Å²) in [4.78, 5) is 25.5. The summed E-state index contributed by atoms with van der Waals surface area (Å²) >= 11 is 0. The van der Waals surface area contributed by atoms with Gasteiger partial charge in [0.1, 0.15) is 0 Å². The Hall–Kier alpha value is -1.15. The highest BCUT2D eigenvalue weighted by Gasteiger charge is 2.51. The fraction of sp³-hybridized carbons (Fsp3) is 0.800. The minimum absolute atomic E-state index is 0.204. The SMILES string of the molecule is NC(=O)C12CCC(CC1)CC2N=C=O. The lowest BCUT2D eigenvalue weighted by Gasteiger charge is -2.47. The van der Waals surface area contributed by atoms with E-state index in [1.807, 2.05) is 0 Å². The van der Waals surface area contributed by atoms with Gasteiger partial charge in [-0.3, -0.25) is 4.79 Å². The molecule has 0 saturated heterocycles. The third kappa shape index (κ3) is 1.18. The first kappa shape index (κ1) is 9.41. The number of hydrogen-bond acceptors (Lipinski definition) is 3. The largest absolute Gasteiger partial charge is 0.369 e. The Balaban J connectivity index is 2.32. The Labute approximate surface area is 82.6 Å². The lowest BCUT2D eigenvalue weighted by molar-refractivity contribution is -0.134. The van der Waals surface area contributed by atoms with E-state index in [1.54, 1.807) is 6.08 Å². The zero-order valence-corrected chi connectivity index (χ0v) is 8.03. The third-order valence-electron chi connectivity index (χ3n) is 3.89. The summed E-state index contributed by atoms with van der Waals surface area (Å²) in [5.41, 5.74) is 4.89. The summed E-state index contributed by atoms with van der Waals surface area (Å²) in [6.07, 6.45) is 6.09. The molecule has 1 atom stereocenters. The van der Waals surface area contributed by atoms with Crippen LogP contribution in [0.25, 0.3) is 0 Å². The molecule has 3 aliphatic rings. The van der Waals surface area contributed by atoms with Crippen LogP contribution < -0.4 is 5.73 Å². The molecule has 0 spiro atoms. The van der Waals surface area contributed by atoms with Crippen LogP contribution in [-0.2, 0) is 9.59 Å². The first-order valence-electron chi connectivity index (χ1n) is 5.06. The molecule has 0 aromatic heterocycles. The Kier molecular flexibility index (Phi) is 2.16. The van der Waals surface area contributed by atoms with Crippen molar-refractivity contribution in [1.82, 2.24) is 0 Å². The van der Waals surface area contributed by atoms with Crippen LogP contribution in [0.5, 0.6) is 0 Å². The zero-order valence-electron chi connectivity index (χ0n) is 8.03. The summed E-state index contributed by atoms with van der Waals surface area (Å²) in [6, 6.07) is -0.204. The Morgan fingerprint density at radius 2 is 2.07 bits per heavy atom. The van der Waals surface area contributed by atoms with E-state index in [9.17, 15) is 9.59 Å². The molecule has 76 valence electrons. The maximum absolute atomic E-state index is 11.4. The number of nitrogens with two attached hydrogens (primary N) is 1. The van der Waals surface area contributed by atoms with Gasteiger partial charge in [-0.05, 0) is 38.0 Å². The van der Waals surface area contributed by atoms with E-state index in [-0.39, 0.29) is 11.9 Å². The van der Waals surface area contributed by atoms with Crippen molar-refractivity contribution in [3.8, 4) is 0 Å². The predicted molar refractivity (Wildman–Crippen MR) is 50.1 cm³/mol. The fourth-order valence-corrected chi connectivity index (χ4v) is 2.95. The van der Waals surface area contributed by atoms with E-state index >= 15 is 0 Å². The van der Waals surface area contributed by atoms with Gasteiger partial charge in [-0.25, -0.2) is 9.79 Å². The third-order valence-corrected chi connectivity index (χ3v) is 3.89. The zero-order chi connectivity index (χ0) is 10.2. The average Bonchev–Trinajstić information content (AvgIpc) is 2.20. The summed E-state index contributed by atoms with van der Waals surface area (Å²) in [6.45, 7) is 0. The van der Waals surface area contributed by atoms with E-state index in [2.05, 4.69) is 4.99 Å². The molecule has 0 radical (unpaired) electrons. The van der Waals surface area contributed by atoms with Crippen molar-refractivity contribution in [3.63, 3.8) is 0 Å². The highest BCUT2D eigenvalue weighted by atomic mass is 16.1. The van der Waals surface area contributed by atoms with Gasteiger partial charge in [0.2, 0.25) is 12.0 Å². The van der Waals surface area contributed by atoms with E-state index < -0.39 is 5.41 Å². The molecule has 0 aromatic carbocycles. The molecule has 14 heavy (non-hydrogen) atoms. The van der Waals surface area contributed by atoms with Crippen LogP contribution in [0.2, 0.25) is 0 Å². The van der Waals surface area contributed by atoms with Gasteiger partial charge in [-0.2, -0.15) is 0 Å². The maximum atomic E-state index is 11.4. The van der Waals surface area contributed by atoms with Gasteiger partial charge in [0.25, 0.3) is 0 Å². The number of carbonyl (C=O) groups is 1. The van der Waals surface area contributed by atoms with E-state index in [0.29, 0.717) is 5.92 Å². The molecule has 3 aliphatic carbocycles. The van der Waals surface area contributed by atoms with Gasteiger partial charge in [-0.1, -0.05) is 0 Å². The predicted octanol–water partition coefficient (Wildman–Crippen LogP) is 0.756. The molecule has 1 unspecified atom stereocenters. The molecule has 0 heterocycles. The summed E-state index contributed by atoms with van der Waals surface area (Å²) < 4.78 is 0. The molecule has 2 bridgehead atoms. The number of isocyanates is 1. The molecule has 2 N–H and O–H groups in total. The number of amides is 1. The Morgan fingerprint density at radius 1 is 1.43 bits per heavy atom.